The monoisotopic (exact) mass is 263 g/mol. The van der Waals surface area contributed by atoms with Gasteiger partial charge in [0.05, 0.1) is 12.3 Å². The molecule has 0 aliphatic heterocycles. The van der Waals surface area contributed by atoms with Crippen molar-refractivity contribution in [2.45, 2.75) is 12.5 Å². The van der Waals surface area contributed by atoms with Crippen molar-refractivity contribution in [1.82, 2.24) is 15.3 Å². The number of hydrogen-bond acceptors (Lipinski definition) is 5. The molecule has 2 N–H and O–H groups in total. The molecule has 1 atom stereocenters. The molecule has 0 aliphatic rings. The quantitative estimate of drug-likeness (QED) is 0.855. The molecular weight excluding hydrogens is 250 g/mol. The molecule has 0 spiro atoms. The number of rotatable bonds is 5. The molecule has 0 aliphatic carbocycles. The van der Waals surface area contributed by atoms with Gasteiger partial charge in [-0.3, -0.25) is 9.78 Å². The van der Waals surface area contributed by atoms with E-state index in [0.717, 1.165) is 4.88 Å². The highest BCUT2D eigenvalue weighted by atomic mass is 32.1. The van der Waals surface area contributed by atoms with Crippen molar-refractivity contribution in [3.05, 3.63) is 46.7 Å². The average Bonchev–Trinajstić information content (AvgIpc) is 2.93. The number of nitrogens with zero attached hydrogens (tertiary/aromatic N) is 2. The van der Waals surface area contributed by atoms with Crippen LogP contribution in [0.25, 0.3) is 0 Å². The van der Waals surface area contributed by atoms with Crippen LogP contribution in [0.4, 0.5) is 0 Å². The second-order valence-electron chi connectivity index (χ2n) is 3.67. The van der Waals surface area contributed by atoms with Crippen molar-refractivity contribution in [3.8, 4) is 0 Å². The first-order chi connectivity index (χ1) is 8.77. The van der Waals surface area contributed by atoms with Crippen LogP contribution in [0.1, 0.15) is 27.9 Å². The van der Waals surface area contributed by atoms with Gasteiger partial charge in [0.1, 0.15) is 5.69 Å². The minimum absolute atomic E-state index is 0.276. The fraction of sp³-hybridized carbons (Fsp3) is 0.250. The lowest BCUT2D eigenvalue weighted by Crippen LogP contribution is -2.26. The molecule has 0 saturated carbocycles. The van der Waals surface area contributed by atoms with E-state index in [1.54, 1.807) is 0 Å². The molecule has 2 rings (SSSR count). The Kier molecular flexibility index (Phi) is 4.38. The normalized spacial score (nSPS) is 12.1. The van der Waals surface area contributed by atoms with Gasteiger partial charge in [-0.05, 0) is 17.9 Å². The predicted molar refractivity (Wildman–Crippen MR) is 68.3 cm³/mol. The van der Waals surface area contributed by atoms with Gasteiger partial charge in [-0.25, -0.2) is 4.98 Å². The molecule has 0 saturated heterocycles. The maximum absolute atomic E-state index is 11.6. The van der Waals surface area contributed by atoms with E-state index in [-0.39, 0.29) is 11.6 Å². The number of amides is 1. The summed E-state index contributed by atoms with van der Waals surface area (Å²) in [5.74, 6) is -0.276. The SMILES string of the molecule is O=C(NCC[C@H](O)c1cccs1)c1cnccn1. The Balaban J connectivity index is 1.77. The molecule has 6 heteroatoms. The topological polar surface area (TPSA) is 75.1 Å². The summed E-state index contributed by atoms with van der Waals surface area (Å²) in [5.41, 5.74) is 0.281. The first-order valence-corrected chi connectivity index (χ1v) is 6.41. The Morgan fingerprint density at radius 1 is 1.50 bits per heavy atom. The highest BCUT2D eigenvalue weighted by Gasteiger charge is 2.10. The van der Waals surface area contributed by atoms with E-state index in [2.05, 4.69) is 15.3 Å². The van der Waals surface area contributed by atoms with Gasteiger partial charge in [0.25, 0.3) is 5.91 Å². The average molecular weight is 263 g/mol. The van der Waals surface area contributed by atoms with E-state index < -0.39 is 6.10 Å². The van der Waals surface area contributed by atoms with E-state index in [1.165, 1.54) is 29.9 Å². The van der Waals surface area contributed by atoms with Crippen molar-refractivity contribution < 1.29 is 9.90 Å². The molecule has 0 fully saturated rings. The van der Waals surface area contributed by atoms with E-state index in [9.17, 15) is 9.90 Å². The van der Waals surface area contributed by atoms with Crippen LogP contribution >= 0.6 is 11.3 Å². The number of aliphatic hydroxyl groups is 1. The summed E-state index contributed by atoms with van der Waals surface area (Å²) in [5, 5.41) is 14.4. The van der Waals surface area contributed by atoms with Crippen molar-refractivity contribution in [2.24, 2.45) is 0 Å². The predicted octanol–water partition coefficient (Wildman–Crippen LogP) is 1.39. The number of nitrogens with one attached hydrogen (secondary N) is 1. The molecule has 2 heterocycles. The maximum atomic E-state index is 11.6. The van der Waals surface area contributed by atoms with Crippen LogP contribution in [0.5, 0.6) is 0 Å². The van der Waals surface area contributed by atoms with Crippen molar-refractivity contribution in [2.75, 3.05) is 6.54 Å². The largest absolute Gasteiger partial charge is 0.388 e. The number of thiophene rings is 1. The summed E-state index contributed by atoms with van der Waals surface area (Å²) in [6.45, 7) is 0.397. The van der Waals surface area contributed by atoms with Gasteiger partial charge >= 0.3 is 0 Å². The van der Waals surface area contributed by atoms with Gasteiger partial charge < -0.3 is 10.4 Å². The Hall–Kier alpha value is -1.79. The fourth-order valence-corrected chi connectivity index (χ4v) is 2.20. The third-order valence-corrected chi connectivity index (χ3v) is 3.34. The van der Waals surface area contributed by atoms with Gasteiger partial charge in [0.2, 0.25) is 0 Å². The Labute approximate surface area is 109 Å². The Morgan fingerprint density at radius 2 is 2.39 bits per heavy atom. The highest BCUT2D eigenvalue weighted by Crippen LogP contribution is 2.20. The minimum Gasteiger partial charge on any atom is -0.388 e. The molecule has 1 amide bonds. The third-order valence-electron chi connectivity index (χ3n) is 2.37. The zero-order valence-electron chi connectivity index (χ0n) is 9.61. The number of carbonyl (C=O) groups is 1. The lowest BCUT2D eigenvalue weighted by Gasteiger charge is -2.09. The molecule has 0 aromatic carbocycles. The molecule has 94 valence electrons. The molecule has 18 heavy (non-hydrogen) atoms. The smallest absolute Gasteiger partial charge is 0.271 e. The maximum Gasteiger partial charge on any atom is 0.271 e. The zero-order chi connectivity index (χ0) is 12.8. The van der Waals surface area contributed by atoms with Crippen molar-refractivity contribution >= 4 is 17.2 Å². The van der Waals surface area contributed by atoms with Crippen LogP contribution in [0.3, 0.4) is 0 Å². The first kappa shape index (κ1) is 12.7. The molecule has 0 bridgehead atoms. The molecule has 2 aromatic heterocycles. The van der Waals surface area contributed by atoms with E-state index in [4.69, 9.17) is 0 Å². The Bertz CT molecular complexity index is 487. The van der Waals surface area contributed by atoms with Crippen LogP contribution in [-0.2, 0) is 0 Å². The second kappa shape index (κ2) is 6.23. The summed E-state index contributed by atoms with van der Waals surface area (Å²) in [6.07, 6.45) is 4.33. The number of aliphatic hydroxyl groups excluding tert-OH is 1. The summed E-state index contributed by atoms with van der Waals surface area (Å²) < 4.78 is 0. The van der Waals surface area contributed by atoms with Gasteiger partial charge in [-0.15, -0.1) is 11.3 Å². The third kappa shape index (κ3) is 3.35. The summed E-state index contributed by atoms with van der Waals surface area (Å²) in [6, 6.07) is 3.77. The van der Waals surface area contributed by atoms with E-state index in [1.807, 2.05) is 17.5 Å². The summed E-state index contributed by atoms with van der Waals surface area (Å²) in [4.78, 5) is 20.2. The van der Waals surface area contributed by atoms with Crippen LogP contribution in [0.2, 0.25) is 0 Å². The van der Waals surface area contributed by atoms with Gasteiger partial charge in [-0.1, -0.05) is 6.07 Å². The van der Waals surface area contributed by atoms with Crippen molar-refractivity contribution in [1.29, 1.82) is 0 Å². The molecule has 0 radical (unpaired) electrons. The minimum atomic E-state index is -0.535. The first-order valence-electron chi connectivity index (χ1n) is 5.53. The molecule has 5 nitrogen and oxygen atoms in total. The highest BCUT2D eigenvalue weighted by molar-refractivity contribution is 7.10. The van der Waals surface area contributed by atoms with Crippen LogP contribution in [0.15, 0.2) is 36.1 Å². The van der Waals surface area contributed by atoms with Gasteiger partial charge in [0.15, 0.2) is 0 Å². The number of aromatic nitrogens is 2. The van der Waals surface area contributed by atoms with Gasteiger partial charge in [0, 0.05) is 23.8 Å². The Morgan fingerprint density at radius 3 is 3.06 bits per heavy atom. The second-order valence-corrected chi connectivity index (χ2v) is 4.65. The van der Waals surface area contributed by atoms with Crippen LogP contribution in [-0.4, -0.2) is 27.5 Å². The van der Waals surface area contributed by atoms with E-state index >= 15 is 0 Å². The van der Waals surface area contributed by atoms with E-state index in [0.29, 0.717) is 13.0 Å². The standard InChI is InChI=1S/C12H13N3O2S/c16-10(11-2-1-7-18-11)3-4-15-12(17)9-8-13-5-6-14-9/h1-2,5-8,10,16H,3-4H2,(H,15,17)/t10-/m0/s1. The molecule has 0 unspecified atom stereocenters. The van der Waals surface area contributed by atoms with Crippen LogP contribution in [0, 0.1) is 0 Å². The number of hydrogen-bond donors (Lipinski definition) is 2. The molecule has 2 aromatic rings. The fourth-order valence-electron chi connectivity index (χ4n) is 1.45. The zero-order valence-corrected chi connectivity index (χ0v) is 10.4. The lowest BCUT2D eigenvalue weighted by atomic mass is 10.2. The lowest BCUT2D eigenvalue weighted by molar-refractivity contribution is 0.0938. The molecular formula is C12H13N3O2S. The number of carbonyl (C=O) groups excluding carboxylic acids is 1. The van der Waals surface area contributed by atoms with Crippen LogP contribution < -0.4 is 5.32 Å². The summed E-state index contributed by atoms with van der Waals surface area (Å²) in [7, 11) is 0. The summed E-state index contributed by atoms with van der Waals surface area (Å²) >= 11 is 1.50. The van der Waals surface area contributed by atoms with Crippen molar-refractivity contribution in [3.63, 3.8) is 0 Å². The van der Waals surface area contributed by atoms with Gasteiger partial charge in [-0.2, -0.15) is 0 Å².